The monoisotopic (exact) mass is 258 g/mol. The minimum atomic E-state index is -0.251. The summed E-state index contributed by atoms with van der Waals surface area (Å²) in [6.45, 7) is 1.93. The summed E-state index contributed by atoms with van der Waals surface area (Å²) in [7, 11) is 1.81. The Balaban J connectivity index is 2.05. The van der Waals surface area contributed by atoms with Crippen LogP contribution >= 0.6 is 11.8 Å². The van der Waals surface area contributed by atoms with Gasteiger partial charge in [0.15, 0.2) is 0 Å². The lowest BCUT2D eigenvalue weighted by molar-refractivity contribution is -0.117. The fourth-order valence-electron chi connectivity index (χ4n) is 2.41. The molecule has 1 heterocycles. The van der Waals surface area contributed by atoms with Gasteiger partial charge in [-0.05, 0) is 37.5 Å². The number of nitrogens with zero attached hydrogens (tertiary/aromatic N) is 2. The number of thioether (sulfide) groups is 1. The number of amides is 1. The minimum Gasteiger partial charge on any atom is -0.313 e. The van der Waals surface area contributed by atoms with Crippen molar-refractivity contribution >= 4 is 23.4 Å². The van der Waals surface area contributed by atoms with Crippen LogP contribution in [0.3, 0.4) is 0 Å². The number of anilines is 1. The molecule has 4 heteroatoms. The number of carbonyl (C=O) groups excluding carboxylic acids is 1. The molecule has 0 N–H and O–H groups in total. The van der Waals surface area contributed by atoms with E-state index in [9.17, 15) is 10.1 Å². The van der Waals surface area contributed by atoms with E-state index in [0.717, 1.165) is 29.0 Å². The van der Waals surface area contributed by atoms with Gasteiger partial charge in [-0.25, -0.2) is 0 Å². The SMILES string of the molecule is CC1Sc2cc(C3(C#N)CC3)ccc2N(C)C1=O. The van der Waals surface area contributed by atoms with Crippen molar-refractivity contribution in [1.29, 1.82) is 5.26 Å². The van der Waals surface area contributed by atoms with Crippen LogP contribution in [0.1, 0.15) is 25.3 Å². The molecule has 1 aliphatic carbocycles. The van der Waals surface area contributed by atoms with Crippen LogP contribution in [0.5, 0.6) is 0 Å². The summed E-state index contributed by atoms with van der Waals surface area (Å²) < 4.78 is 0. The van der Waals surface area contributed by atoms with E-state index in [4.69, 9.17) is 0 Å². The molecule has 0 saturated heterocycles. The van der Waals surface area contributed by atoms with Gasteiger partial charge in [0.05, 0.1) is 22.4 Å². The molecule has 0 aromatic heterocycles. The highest BCUT2D eigenvalue weighted by Gasteiger charge is 2.45. The zero-order chi connectivity index (χ0) is 12.9. The summed E-state index contributed by atoms with van der Waals surface area (Å²) in [4.78, 5) is 14.7. The number of benzene rings is 1. The largest absolute Gasteiger partial charge is 0.313 e. The van der Waals surface area contributed by atoms with Crippen molar-refractivity contribution in [3.05, 3.63) is 23.8 Å². The summed E-state index contributed by atoms with van der Waals surface area (Å²) in [5.41, 5.74) is 1.81. The van der Waals surface area contributed by atoms with Crippen molar-refractivity contribution in [2.45, 2.75) is 35.3 Å². The number of hydrogen-bond donors (Lipinski definition) is 0. The molecule has 1 unspecified atom stereocenters. The Kier molecular flexibility index (Phi) is 2.43. The summed E-state index contributed by atoms with van der Waals surface area (Å²) in [5, 5.41) is 9.19. The smallest absolute Gasteiger partial charge is 0.239 e. The lowest BCUT2D eigenvalue weighted by Gasteiger charge is -2.29. The standard InChI is InChI=1S/C14H14N2OS/c1-9-13(17)16(2)11-4-3-10(7-12(11)18-9)14(8-15)5-6-14/h3-4,7,9H,5-6H2,1-2H3. The molecule has 1 atom stereocenters. The van der Waals surface area contributed by atoms with Crippen LogP contribution in [0.25, 0.3) is 0 Å². The average Bonchev–Trinajstić information content (AvgIpc) is 3.16. The predicted molar refractivity (Wildman–Crippen MR) is 71.7 cm³/mol. The molecule has 2 aliphatic rings. The van der Waals surface area contributed by atoms with E-state index < -0.39 is 0 Å². The topological polar surface area (TPSA) is 44.1 Å². The lowest BCUT2D eigenvalue weighted by Crippen LogP contribution is -2.36. The van der Waals surface area contributed by atoms with Gasteiger partial charge in [0.1, 0.15) is 0 Å². The van der Waals surface area contributed by atoms with Crippen molar-refractivity contribution in [3.8, 4) is 6.07 Å². The van der Waals surface area contributed by atoms with E-state index in [2.05, 4.69) is 12.1 Å². The molecule has 0 bridgehead atoms. The van der Waals surface area contributed by atoms with Crippen molar-refractivity contribution in [2.75, 3.05) is 11.9 Å². The number of hydrogen-bond acceptors (Lipinski definition) is 3. The average molecular weight is 258 g/mol. The molecule has 3 nitrogen and oxygen atoms in total. The first kappa shape index (κ1) is 11.6. The third-order valence-electron chi connectivity index (χ3n) is 3.82. The molecular weight excluding hydrogens is 244 g/mol. The van der Waals surface area contributed by atoms with E-state index in [1.807, 2.05) is 26.1 Å². The second kappa shape index (κ2) is 3.76. The highest BCUT2D eigenvalue weighted by molar-refractivity contribution is 8.01. The van der Waals surface area contributed by atoms with Crippen LogP contribution in [0.15, 0.2) is 23.1 Å². The third kappa shape index (κ3) is 1.54. The van der Waals surface area contributed by atoms with Crippen molar-refractivity contribution in [3.63, 3.8) is 0 Å². The fraction of sp³-hybridized carbons (Fsp3) is 0.429. The molecular formula is C14H14N2OS. The molecule has 0 spiro atoms. The van der Waals surface area contributed by atoms with Crippen LogP contribution in [-0.4, -0.2) is 18.2 Å². The lowest BCUT2D eigenvalue weighted by atomic mass is 9.97. The Bertz CT molecular complexity index is 572. The van der Waals surface area contributed by atoms with Crippen LogP contribution in [-0.2, 0) is 10.2 Å². The van der Waals surface area contributed by atoms with Crippen LogP contribution in [0.2, 0.25) is 0 Å². The number of rotatable bonds is 1. The number of nitriles is 1. The maximum Gasteiger partial charge on any atom is 0.239 e. The van der Waals surface area contributed by atoms with Crippen molar-refractivity contribution in [1.82, 2.24) is 0 Å². The van der Waals surface area contributed by atoms with Gasteiger partial charge in [-0.3, -0.25) is 4.79 Å². The quantitative estimate of drug-likeness (QED) is 0.778. The molecule has 1 fully saturated rings. The van der Waals surface area contributed by atoms with Gasteiger partial charge in [0.2, 0.25) is 5.91 Å². The van der Waals surface area contributed by atoms with Gasteiger partial charge in [-0.2, -0.15) is 5.26 Å². The molecule has 0 radical (unpaired) electrons. The van der Waals surface area contributed by atoms with Crippen LogP contribution < -0.4 is 4.90 Å². The molecule has 18 heavy (non-hydrogen) atoms. The predicted octanol–water partition coefficient (Wildman–Crippen LogP) is 2.70. The van der Waals surface area contributed by atoms with Gasteiger partial charge in [0.25, 0.3) is 0 Å². The zero-order valence-electron chi connectivity index (χ0n) is 10.4. The van der Waals surface area contributed by atoms with Gasteiger partial charge < -0.3 is 4.90 Å². The molecule has 1 aliphatic heterocycles. The fourth-order valence-corrected chi connectivity index (χ4v) is 3.57. The Morgan fingerprint density at radius 2 is 2.22 bits per heavy atom. The second-order valence-corrected chi connectivity index (χ2v) is 6.42. The maximum atomic E-state index is 11.9. The van der Waals surface area contributed by atoms with E-state index in [1.165, 1.54) is 0 Å². The Morgan fingerprint density at radius 3 is 2.83 bits per heavy atom. The minimum absolute atomic E-state index is 0.0463. The van der Waals surface area contributed by atoms with Gasteiger partial charge in [0, 0.05) is 11.9 Å². The number of carbonyl (C=O) groups is 1. The van der Waals surface area contributed by atoms with Gasteiger partial charge >= 0.3 is 0 Å². The third-order valence-corrected chi connectivity index (χ3v) is 4.96. The Morgan fingerprint density at radius 1 is 1.50 bits per heavy atom. The second-order valence-electron chi connectivity index (χ2n) is 5.03. The summed E-state index contributed by atoms with van der Waals surface area (Å²) in [5.74, 6) is 0.140. The summed E-state index contributed by atoms with van der Waals surface area (Å²) in [6.07, 6.45) is 1.91. The maximum absolute atomic E-state index is 11.9. The zero-order valence-corrected chi connectivity index (χ0v) is 11.3. The highest BCUT2D eigenvalue weighted by atomic mass is 32.2. The van der Waals surface area contributed by atoms with Crippen molar-refractivity contribution in [2.24, 2.45) is 0 Å². The van der Waals surface area contributed by atoms with Gasteiger partial charge in [-0.15, -0.1) is 11.8 Å². The first-order valence-corrected chi connectivity index (χ1v) is 6.95. The number of fused-ring (bicyclic) bond motifs is 1. The first-order valence-electron chi connectivity index (χ1n) is 6.07. The van der Waals surface area contributed by atoms with E-state index in [-0.39, 0.29) is 16.6 Å². The van der Waals surface area contributed by atoms with Crippen molar-refractivity contribution < 1.29 is 4.79 Å². The van der Waals surface area contributed by atoms with E-state index in [1.54, 1.807) is 16.7 Å². The first-order chi connectivity index (χ1) is 8.57. The molecule has 92 valence electrons. The van der Waals surface area contributed by atoms with Crippen LogP contribution in [0, 0.1) is 11.3 Å². The van der Waals surface area contributed by atoms with Crippen LogP contribution in [0.4, 0.5) is 5.69 Å². The Labute approximate surface area is 111 Å². The molecule has 1 saturated carbocycles. The molecule has 1 aromatic carbocycles. The molecule has 3 rings (SSSR count). The highest BCUT2D eigenvalue weighted by Crippen LogP contribution is 2.50. The summed E-state index contributed by atoms with van der Waals surface area (Å²) in [6, 6.07) is 8.48. The molecule has 1 amide bonds. The van der Waals surface area contributed by atoms with Gasteiger partial charge in [-0.1, -0.05) is 6.07 Å². The Hall–Kier alpha value is -1.47. The normalized spacial score (nSPS) is 24.4. The molecule has 1 aromatic rings. The van der Waals surface area contributed by atoms with E-state index >= 15 is 0 Å². The summed E-state index contributed by atoms with van der Waals surface area (Å²) >= 11 is 1.59. The van der Waals surface area contributed by atoms with E-state index in [0.29, 0.717) is 0 Å².